The molecule has 3 aromatic rings. The van der Waals surface area contributed by atoms with E-state index in [0.29, 0.717) is 21.1 Å². The highest BCUT2D eigenvalue weighted by Crippen LogP contribution is 2.33. The van der Waals surface area contributed by atoms with Gasteiger partial charge in [-0.05, 0) is 42.5 Å². The van der Waals surface area contributed by atoms with Crippen LogP contribution in [-0.2, 0) is 14.8 Å². The number of ether oxygens (including phenoxy) is 2. The summed E-state index contributed by atoms with van der Waals surface area (Å²) in [6.07, 6.45) is 1.28. The molecule has 0 aliphatic heterocycles. The first-order chi connectivity index (χ1) is 12.3. The lowest BCUT2D eigenvalue weighted by Gasteiger charge is -2.08. The topological polar surface area (TPSA) is 94.8 Å². The number of halogens is 1. The smallest absolute Gasteiger partial charge is 0.341 e. The van der Waals surface area contributed by atoms with E-state index in [-0.39, 0.29) is 10.6 Å². The van der Waals surface area contributed by atoms with Gasteiger partial charge in [0.1, 0.15) is 11.5 Å². The number of aromatic nitrogens is 1. The quantitative estimate of drug-likeness (QED) is 0.633. The number of hydrogen-bond donors (Lipinski definition) is 1. The molecule has 0 bridgehead atoms. The van der Waals surface area contributed by atoms with Crippen LogP contribution < -0.4 is 9.47 Å². The number of methoxy groups -OCH3 is 1. The second-order valence-corrected chi connectivity index (χ2v) is 8.04. The average molecular weight is 440 g/mol. The van der Waals surface area contributed by atoms with E-state index >= 15 is 0 Å². The Morgan fingerprint density at radius 3 is 2.50 bits per heavy atom. The fraction of sp³-hybridized carbons (Fsp3) is 0.118. The van der Waals surface area contributed by atoms with Crippen LogP contribution >= 0.6 is 15.9 Å². The van der Waals surface area contributed by atoms with Crippen LogP contribution in [0.5, 0.6) is 11.5 Å². The minimum Gasteiger partial charge on any atom is -0.497 e. The minimum atomic E-state index is -3.90. The summed E-state index contributed by atoms with van der Waals surface area (Å²) < 4.78 is 38.1. The van der Waals surface area contributed by atoms with Crippen LogP contribution in [0.25, 0.3) is 10.9 Å². The number of fused-ring (bicyclic) bond motifs is 1. The molecule has 26 heavy (non-hydrogen) atoms. The molecule has 0 amide bonds. The molecule has 1 N–H and O–H groups in total. The van der Waals surface area contributed by atoms with Gasteiger partial charge in [-0.1, -0.05) is 15.9 Å². The normalized spacial score (nSPS) is 11.5. The number of carboxylic acids is 1. The predicted molar refractivity (Wildman–Crippen MR) is 98.3 cm³/mol. The third kappa shape index (κ3) is 3.40. The van der Waals surface area contributed by atoms with Crippen molar-refractivity contribution in [3.05, 3.63) is 53.1 Å². The van der Waals surface area contributed by atoms with E-state index in [9.17, 15) is 13.2 Å². The zero-order valence-corrected chi connectivity index (χ0v) is 16.0. The summed E-state index contributed by atoms with van der Waals surface area (Å²) in [5.74, 6) is -0.449. The molecule has 0 spiro atoms. The number of aliphatic carboxylic acids is 1. The first-order valence-corrected chi connectivity index (χ1v) is 9.61. The molecule has 0 unspecified atom stereocenters. The number of benzene rings is 2. The van der Waals surface area contributed by atoms with Crippen LogP contribution in [0, 0.1) is 0 Å². The molecule has 0 radical (unpaired) electrons. The third-order valence-corrected chi connectivity index (χ3v) is 5.84. The summed E-state index contributed by atoms with van der Waals surface area (Å²) in [7, 11) is -2.41. The molecule has 0 saturated heterocycles. The Balaban J connectivity index is 2.15. The fourth-order valence-electron chi connectivity index (χ4n) is 2.46. The molecule has 7 nitrogen and oxygen atoms in total. The van der Waals surface area contributed by atoms with Crippen molar-refractivity contribution in [3.8, 4) is 11.5 Å². The maximum atomic E-state index is 13.0. The van der Waals surface area contributed by atoms with Crippen molar-refractivity contribution < 1.29 is 27.8 Å². The van der Waals surface area contributed by atoms with E-state index < -0.39 is 22.6 Å². The van der Waals surface area contributed by atoms with E-state index in [1.165, 1.54) is 25.4 Å². The van der Waals surface area contributed by atoms with E-state index in [2.05, 4.69) is 15.9 Å². The van der Waals surface area contributed by atoms with E-state index in [1.807, 2.05) is 0 Å². The highest BCUT2D eigenvalue weighted by atomic mass is 79.9. The number of hydrogen-bond acceptors (Lipinski definition) is 5. The molecule has 136 valence electrons. The lowest BCUT2D eigenvalue weighted by molar-refractivity contribution is -0.139. The average Bonchev–Trinajstić information content (AvgIpc) is 2.98. The Kier molecular flexibility index (Phi) is 4.92. The lowest BCUT2D eigenvalue weighted by atomic mass is 10.2. The maximum Gasteiger partial charge on any atom is 0.341 e. The molecule has 0 aliphatic carbocycles. The van der Waals surface area contributed by atoms with E-state index in [1.54, 1.807) is 30.3 Å². The number of carboxylic acid groups (broad SMARTS) is 1. The molecule has 1 heterocycles. The van der Waals surface area contributed by atoms with Gasteiger partial charge in [0.05, 0.1) is 23.7 Å². The van der Waals surface area contributed by atoms with Crippen molar-refractivity contribution in [2.24, 2.45) is 0 Å². The number of rotatable bonds is 6. The summed E-state index contributed by atoms with van der Waals surface area (Å²) in [6, 6.07) is 11.0. The highest BCUT2D eigenvalue weighted by Gasteiger charge is 2.22. The summed E-state index contributed by atoms with van der Waals surface area (Å²) >= 11 is 3.32. The van der Waals surface area contributed by atoms with Gasteiger partial charge < -0.3 is 14.6 Å². The molecular formula is C17H14BrNO6S. The van der Waals surface area contributed by atoms with Crippen molar-refractivity contribution >= 4 is 42.8 Å². The first-order valence-electron chi connectivity index (χ1n) is 7.38. The SMILES string of the molecule is COc1ccc(S(=O)(=O)n2cc(OCC(=O)O)c3cc(Br)ccc32)cc1. The van der Waals surface area contributed by atoms with Crippen LogP contribution in [0.4, 0.5) is 0 Å². The first kappa shape index (κ1) is 18.3. The largest absolute Gasteiger partial charge is 0.497 e. The molecule has 1 aromatic heterocycles. The maximum absolute atomic E-state index is 13.0. The third-order valence-electron chi connectivity index (χ3n) is 3.66. The van der Waals surface area contributed by atoms with Crippen molar-refractivity contribution in [2.75, 3.05) is 13.7 Å². The van der Waals surface area contributed by atoms with Crippen LogP contribution in [0.15, 0.2) is 58.0 Å². The van der Waals surface area contributed by atoms with Crippen molar-refractivity contribution in [1.29, 1.82) is 0 Å². The summed E-state index contributed by atoms with van der Waals surface area (Å²) in [4.78, 5) is 10.9. The predicted octanol–water partition coefficient (Wildman–Crippen LogP) is 3.11. The van der Waals surface area contributed by atoms with Gasteiger partial charge in [-0.25, -0.2) is 17.2 Å². The summed E-state index contributed by atoms with van der Waals surface area (Å²) in [5.41, 5.74) is 0.379. The Bertz CT molecular complexity index is 1070. The van der Waals surface area contributed by atoms with Gasteiger partial charge in [0.15, 0.2) is 6.61 Å². The van der Waals surface area contributed by atoms with E-state index in [4.69, 9.17) is 14.6 Å². The van der Waals surface area contributed by atoms with Gasteiger partial charge in [0, 0.05) is 9.86 Å². The van der Waals surface area contributed by atoms with Crippen LogP contribution in [0.2, 0.25) is 0 Å². The Morgan fingerprint density at radius 2 is 1.88 bits per heavy atom. The molecule has 0 aliphatic rings. The number of nitrogens with zero attached hydrogens (tertiary/aromatic N) is 1. The van der Waals surface area contributed by atoms with Gasteiger partial charge >= 0.3 is 5.97 Å². The standard InChI is InChI=1S/C17H14BrNO6S/c1-24-12-3-5-13(6-4-12)26(22,23)19-9-16(25-10-17(20)21)14-8-11(18)2-7-15(14)19/h2-9H,10H2,1H3,(H,20,21). The molecule has 0 saturated carbocycles. The lowest BCUT2D eigenvalue weighted by Crippen LogP contribution is -2.12. The van der Waals surface area contributed by atoms with Crippen molar-refractivity contribution in [3.63, 3.8) is 0 Å². The monoisotopic (exact) mass is 439 g/mol. The molecule has 2 aromatic carbocycles. The van der Waals surface area contributed by atoms with Crippen molar-refractivity contribution in [2.45, 2.75) is 4.90 Å². The van der Waals surface area contributed by atoms with Crippen LogP contribution in [0.3, 0.4) is 0 Å². The second-order valence-electron chi connectivity index (χ2n) is 5.31. The fourth-order valence-corrected chi connectivity index (χ4v) is 4.18. The molecular weight excluding hydrogens is 426 g/mol. The Labute approximate surface area is 157 Å². The molecule has 0 atom stereocenters. The minimum absolute atomic E-state index is 0.0721. The Morgan fingerprint density at radius 1 is 1.19 bits per heavy atom. The molecule has 0 fully saturated rings. The van der Waals surface area contributed by atoms with E-state index in [0.717, 1.165) is 3.97 Å². The molecule has 9 heteroatoms. The number of carbonyl (C=O) groups is 1. The van der Waals surface area contributed by atoms with Gasteiger partial charge in [-0.3, -0.25) is 0 Å². The second kappa shape index (κ2) is 7.00. The van der Waals surface area contributed by atoms with Gasteiger partial charge in [-0.2, -0.15) is 0 Å². The van der Waals surface area contributed by atoms with Gasteiger partial charge in [0.25, 0.3) is 10.0 Å². The van der Waals surface area contributed by atoms with Crippen LogP contribution in [0.1, 0.15) is 0 Å². The summed E-state index contributed by atoms with van der Waals surface area (Å²) in [6.45, 7) is -0.575. The Hall–Kier alpha value is -2.52. The van der Waals surface area contributed by atoms with Gasteiger partial charge in [0.2, 0.25) is 0 Å². The van der Waals surface area contributed by atoms with Crippen molar-refractivity contribution in [1.82, 2.24) is 3.97 Å². The summed E-state index contributed by atoms with van der Waals surface area (Å²) in [5, 5.41) is 9.31. The van der Waals surface area contributed by atoms with Gasteiger partial charge in [-0.15, -0.1) is 0 Å². The van der Waals surface area contributed by atoms with Crippen LogP contribution in [-0.4, -0.2) is 37.2 Å². The zero-order valence-electron chi connectivity index (χ0n) is 13.5. The molecule has 3 rings (SSSR count). The zero-order chi connectivity index (χ0) is 18.9. The highest BCUT2D eigenvalue weighted by molar-refractivity contribution is 9.10.